The molecule has 4 heteroatoms. The van der Waals surface area contributed by atoms with E-state index in [1.165, 1.54) is 16.8 Å². The summed E-state index contributed by atoms with van der Waals surface area (Å²) in [6.45, 7) is 7.60. The van der Waals surface area contributed by atoms with Gasteiger partial charge in [0.05, 0.1) is 0 Å². The Bertz CT molecular complexity index is 721. The van der Waals surface area contributed by atoms with Gasteiger partial charge >= 0.3 is 0 Å². The minimum atomic E-state index is 0.118. The van der Waals surface area contributed by atoms with E-state index >= 15 is 0 Å². The Balaban J connectivity index is 1.69. The lowest BCUT2D eigenvalue weighted by Gasteiger charge is -2.37. The van der Waals surface area contributed by atoms with Crippen LogP contribution in [0, 0.1) is 13.8 Å². The van der Waals surface area contributed by atoms with Crippen LogP contribution in [0.3, 0.4) is 0 Å². The van der Waals surface area contributed by atoms with Gasteiger partial charge in [-0.15, -0.1) is 0 Å². The highest BCUT2D eigenvalue weighted by Crippen LogP contribution is 2.24. The van der Waals surface area contributed by atoms with Gasteiger partial charge in [0.25, 0.3) is 5.91 Å². The normalized spacial score (nSPS) is 14.9. The van der Waals surface area contributed by atoms with Crippen molar-refractivity contribution in [2.75, 3.05) is 31.1 Å². The third kappa shape index (κ3) is 3.42. The maximum atomic E-state index is 12.6. The largest absolute Gasteiger partial charge is 0.368 e. The molecule has 3 nitrogen and oxygen atoms in total. The number of aryl methyl sites for hydroxylation is 1. The Kier molecular flexibility index (Phi) is 4.71. The lowest BCUT2D eigenvalue weighted by molar-refractivity contribution is 0.0746. The van der Waals surface area contributed by atoms with Crippen LogP contribution in [0.25, 0.3) is 0 Å². The van der Waals surface area contributed by atoms with Crippen molar-refractivity contribution in [1.29, 1.82) is 0 Å². The zero-order chi connectivity index (χ0) is 16.4. The van der Waals surface area contributed by atoms with E-state index in [2.05, 4.69) is 52.9 Å². The number of piperazine rings is 1. The minimum Gasteiger partial charge on any atom is -0.368 e. The molecule has 0 radical (unpaired) electrons. The molecule has 1 heterocycles. The molecule has 0 N–H and O–H groups in total. The number of hydrogen-bond acceptors (Lipinski definition) is 2. The van der Waals surface area contributed by atoms with Crippen LogP contribution in [-0.2, 0) is 0 Å². The SMILES string of the molecule is Cc1cccc(N2CCN(C(=O)c3cccc(Br)c3)CC2)c1C. The first-order valence-electron chi connectivity index (χ1n) is 7.92. The fourth-order valence-electron chi connectivity index (χ4n) is 3.03. The molecule has 1 aliphatic rings. The van der Waals surface area contributed by atoms with Crippen molar-refractivity contribution in [3.8, 4) is 0 Å². The van der Waals surface area contributed by atoms with Crippen LogP contribution >= 0.6 is 15.9 Å². The maximum Gasteiger partial charge on any atom is 0.254 e. The highest BCUT2D eigenvalue weighted by molar-refractivity contribution is 9.10. The molecule has 2 aromatic rings. The molecule has 1 fully saturated rings. The molecule has 0 bridgehead atoms. The Morgan fingerprint density at radius 2 is 1.70 bits per heavy atom. The second-order valence-corrected chi connectivity index (χ2v) is 6.92. The van der Waals surface area contributed by atoms with Gasteiger partial charge < -0.3 is 9.80 Å². The van der Waals surface area contributed by atoms with E-state index in [9.17, 15) is 4.79 Å². The molecule has 0 unspecified atom stereocenters. The number of carbonyl (C=O) groups is 1. The topological polar surface area (TPSA) is 23.6 Å². The van der Waals surface area contributed by atoms with E-state index in [1.807, 2.05) is 29.2 Å². The molecule has 3 rings (SSSR count). The summed E-state index contributed by atoms with van der Waals surface area (Å²) in [7, 11) is 0. The summed E-state index contributed by atoms with van der Waals surface area (Å²) in [6.07, 6.45) is 0. The second kappa shape index (κ2) is 6.75. The average molecular weight is 373 g/mol. The molecule has 1 saturated heterocycles. The molecule has 120 valence electrons. The zero-order valence-electron chi connectivity index (χ0n) is 13.6. The van der Waals surface area contributed by atoms with E-state index in [0.717, 1.165) is 36.2 Å². The van der Waals surface area contributed by atoms with E-state index in [4.69, 9.17) is 0 Å². The summed E-state index contributed by atoms with van der Waals surface area (Å²) < 4.78 is 0.942. The second-order valence-electron chi connectivity index (χ2n) is 6.01. The quantitative estimate of drug-likeness (QED) is 0.794. The number of nitrogens with zero attached hydrogens (tertiary/aromatic N) is 2. The summed E-state index contributed by atoms with van der Waals surface area (Å²) in [6, 6.07) is 14.0. The maximum absolute atomic E-state index is 12.6. The smallest absolute Gasteiger partial charge is 0.254 e. The molecule has 1 aliphatic heterocycles. The van der Waals surface area contributed by atoms with Crippen LogP contribution < -0.4 is 4.90 Å². The van der Waals surface area contributed by atoms with Crippen molar-refractivity contribution in [3.63, 3.8) is 0 Å². The fourth-order valence-corrected chi connectivity index (χ4v) is 3.43. The summed E-state index contributed by atoms with van der Waals surface area (Å²) in [5.41, 5.74) is 4.69. The van der Waals surface area contributed by atoms with Gasteiger partial charge in [-0.3, -0.25) is 4.79 Å². The summed E-state index contributed by atoms with van der Waals surface area (Å²) in [5.74, 6) is 0.118. The molecular formula is C19H21BrN2O. The van der Waals surface area contributed by atoms with Crippen molar-refractivity contribution in [2.24, 2.45) is 0 Å². The average Bonchev–Trinajstić information content (AvgIpc) is 2.57. The number of amides is 1. The minimum absolute atomic E-state index is 0.118. The first-order valence-corrected chi connectivity index (χ1v) is 8.71. The van der Waals surface area contributed by atoms with Gasteiger partial charge in [0.2, 0.25) is 0 Å². The predicted octanol–water partition coefficient (Wildman–Crippen LogP) is 4.03. The van der Waals surface area contributed by atoms with Gasteiger partial charge in [-0.25, -0.2) is 0 Å². The summed E-state index contributed by atoms with van der Waals surface area (Å²) >= 11 is 3.43. The number of halogens is 1. The summed E-state index contributed by atoms with van der Waals surface area (Å²) in [5, 5.41) is 0. The Morgan fingerprint density at radius 1 is 1.00 bits per heavy atom. The fraction of sp³-hybridized carbons (Fsp3) is 0.316. The van der Waals surface area contributed by atoms with Gasteiger partial charge in [-0.2, -0.15) is 0 Å². The standard InChI is InChI=1S/C19H21BrN2O/c1-14-5-3-8-18(15(14)2)21-9-11-22(12-10-21)19(23)16-6-4-7-17(20)13-16/h3-8,13H,9-12H2,1-2H3. The van der Waals surface area contributed by atoms with E-state index in [0.29, 0.717) is 0 Å². The van der Waals surface area contributed by atoms with Crippen molar-refractivity contribution < 1.29 is 4.79 Å². The van der Waals surface area contributed by atoms with Gasteiger partial charge in [-0.1, -0.05) is 34.1 Å². The molecule has 0 atom stereocenters. The van der Waals surface area contributed by atoms with Crippen molar-refractivity contribution >= 4 is 27.5 Å². The van der Waals surface area contributed by atoms with Gasteiger partial charge in [0.15, 0.2) is 0 Å². The van der Waals surface area contributed by atoms with Gasteiger partial charge in [0.1, 0.15) is 0 Å². The number of rotatable bonds is 2. The number of hydrogen-bond donors (Lipinski definition) is 0. The van der Waals surface area contributed by atoms with Crippen LogP contribution in [0.2, 0.25) is 0 Å². The zero-order valence-corrected chi connectivity index (χ0v) is 15.1. The molecule has 1 amide bonds. The molecule has 23 heavy (non-hydrogen) atoms. The molecule has 0 aliphatic carbocycles. The highest BCUT2D eigenvalue weighted by atomic mass is 79.9. The van der Waals surface area contributed by atoms with E-state index in [1.54, 1.807) is 0 Å². The molecular weight excluding hydrogens is 352 g/mol. The highest BCUT2D eigenvalue weighted by Gasteiger charge is 2.23. The van der Waals surface area contributed by atoms with Crippen LogP contribution in [0.5, 0.6) is 0 Å². The molecule has 0 saturated carbocycles. The number of benzene rings is 2. The molecule has 0 spiro atoms. The van der Waals surface area contributed by atoms with Crippen LogP contribution in [-0.4, -0.2) is 37.0 Å². The van der Waals surface area contributed by atoms with Crippen LogP contribution in [0.4, 0.5) is 5.69 Å². The Hall–Kier alpha value is -1.81. The van der Waals surface area contributed by atoms with Gasteiger partial charge in [-0.05, 0) is 49.2 Å². The van der Waals surface area contributed by atoms with Crippen LogP contribution in [0.1, 0.15) is 21.5 Å². The van der Waals surface area contributed by atoms with Crippen LogP contribution in [0.15, 0.2) is 46.9 Å². The third-order valence-electron chi connectivity index (χ3n) is 4.56. The first-order chi connectivity index (χ1) is 11.1. The first kappa shape index (κ1) is 16.1. The molecule has 0 aromatic heterocycles. The lowest BCUT2D eigenvalue weighted by atomic mass is 10.1. The van der Waals surface area contributed by atoms with Crippen molar-refractivity contribution in [3.05, 3.63) is 63.6 Å². The monoisotopic (exact) mass is 372 g/mol. The third-order valence-corrected chi connectivity index (χ3v) is 5.05. The Morgan fingerprint density at radius 3 is 2.39 bits per heavy atom. The van der Waals surface area contributed by atoms with E-state index < -0.39 is 0 Å². The van der Waals surface area contributed by atoms with Gasteiger partial charge in [0, 0.05) is 41.9 Å². The Labute approximate surface area is 146 Å². The predicted molar refractivity (Wildman–Crippen MR) is 98.2 cm³/mol. The number of carbonyl (C=O) groups excluding carboxylic acids is 1. The van der Waals surface area contributed by atoms with E-state index in [-0.39, 0.29) is 5.91 Å². The van der Waals surface area contributed by atoms with Crippen molar-refractivity contribution in [1.82, 2.24) is 4.90 Å². The molecule has 2 aromatic carbocycles. The van der Waals surface area contributed by atoms with Crippen molar-refractivity contribution in [2.45, 2.75) is 13.8 Å². The lowest BCUT2D eigenvalue weighted by Crippen LogP contribution is -2.49. The summed E-state index contributed by atoms with van der Waals surface area (Å²) in [4.78, 5) is 16.9. The number of anilines is 1.